The van der Waals surface area contributed by atoms with E-state index in [-0.39, 0.29) is 24.1 Å². The van der Waals surface area contributed by atoms with Crippen molar-refractivity contribution in [3.05, 3.63) is 90.0 Å². The van der Waals surface area contributed by atoms with Crippen LogP contribution in [0.5, 0.6) is 0 Å². The van der Waals surface area contributed by atoms with Crippen LogP contribution in [0.2, 0.25) is 5.04 Å². The Morgan fingerprint density at radius 3 is 2.00 bits per heavy atom. The number of esters is 2. The molecule has 1 fully saturated rings. The molecule has 0 N–H and O–H groups in total. The van der Waals surface area contributed by atoms with Crippen molar-refractivity contribution in [3.8, 4) is 0 Å². The van der Waals surface area contributed by atoms with Gasteiger partial charge in [0, 0.05) is 31.3 Å². The lowest BCUT2D eigenvalue weighted by molar-refractivity contribution is -0.188. The summed E-state index contributed by atoms with van der Waals surface area (Å²) >= 11 is 0. The Morgan fingerprint density at radius 1 is 0.891 bits per heavy atom. The Morgan fingerprint density at radius 2 is 1.48 bits per heavy atom. The molecule has 242 valence electrons. The number of fused-ring (bicyclic) bond motifs is 1. The van der Waals surface area contributed by atoms with Gasteiger partial charge in [0.2, 0.25) is 20.2 Å². The van der Waals surface area contributed by atoms with E-state index in [0.29, 0.717) is 17.8 Å². The predicted molar refractivity (Wildman–Crippen MR) is 177 cm³/mol. The van der Waals surface area contributed by atoms with Gasteiger partial charge in [0.25, 0.3) is 5.91 Å². The van der Waals surface area contributed by atoms with Crippen LogP contribution in [-0.4, -0.2) is 67.5 Å². The van der Waals surface area contributed by atoms with E-state index in [1.54, 1.807) is 32.9 Å². The van der Waals surface area contributed by atoms with Crippen molar-refractivity contribution in [1.29, 1.82) is 0 Å². The van der Waals surface area contributed by atoms with E-state index in [9.17, 15) is 19.2 Å². The molecule has 9 nitrogen and oxygen atoms in total. The summed E-state index contributed by atoms with van der Waals surface area (Å²) in [6.45, 7) is 13.6. The molecule has 2 heterocycles. The van der Waals surface area contributed by atoms with E-state index >= 15 is 0 Å². The Bertz CT molecular complexity index is 1590. The third kappa shape index (κ3) is 6.11. The van der Waals surface area contributed by atoms with Crippen molar-refractivity contribution >= 4 is 48.0 Å². The minimum atomic E-state index is -2.94. The van der Waals surface area contributed by atoms with Crippen LogP contribution >= 0.6 is 0 Å². The van der Waals surface area contributed by atoms with Gasteiger partial charge in [-0.15, -0.1) is 0 Å². The molecule has 0 radical (unpaired) electrons. The summed E-state index contributed by atoms with van der Waals surface area (Å²) in [7, 11) is -2.94. The first-order valence-corrected chi connectivity index (χ1v) is 17.5. The Labute approximate surface area is 271 Å². The number of anilines is 1. The third-order valence-electron chi connectivity index (χ3n) is 8.41. The zero-order chi connectivity index (χ0) is 33.4. The maximum absolute atomic E-state index is 14.4. The molecule has 10 heteroatoms. The molecule has 2 atom stereocenters. The quantitative estimate of drug-likeness (QED) is 0.281. The average Bonchev–Trinajstić information content (AvgIpc) is 3.31. The van der Waals surface area contributed by atoms with Crippen molar-refractivity contribution in [2.24, 2.45) is 0 Å². The van der Waals surface area contributed by atoms with Gasteiger partial charge in [-0.25, -0.2) is 4.79 Å². The summed E-state index contributed by atoms with van der Waals surface area (Å²) in [6.07, 6.45) is -2.94. The SMILES string of the molecule is CC(=O)O[C@@H](C(=O)OC(C)(C)C)[C@H]1OCCN(c2ccc3c(c2)CN([Si](c2ccccc2)(c2ccccc2)C(C)(C)C)C3=O)C1=O. The Balaban J connectivity index is 1.51. The van der Waals surface area contributed by atoms with Crippen LogP contribution in [-0.2, 0) is 35.1 Å². The maximum atomic E-state index is 14.4. The third-order valence-corrected chi connectivity index (χ3v) is 14.1. The number of hydrogen-bond donors (Lipinski definition) is 0. The van der Waals surface area contributed by atoms with Crippen molar-refractivity contribution in [3.63, 3.8) is 0 Å². The highest BCUT2D eigenvalue weighted by atomic mass is 28.3. The van der Waals surface area contributed by atoms with Crippen LogP contribution in [0.4, 0.5) is 5.69 Å². The highest BCUT2D eigenvalue weighted by Crippen LogP contribution is 2.42. The number of amides is 2. The van der Waals surface area contributed by atoms with E-state index in [0.717, 1.165) is 22.9 Å². The fourth-order valence-electron chi connectivity index (χ4n) is 6.71. The van der Waals surface area contributed by atoms with Crippen molar-refractivity contribution in [1.82, 2.24) is 4.57 Å². The molecule has 0 unspecified atom stereocenters. The molecule has 2 aliphatic heterocycles. The largest absolute Gasteiger partial charge is 0.457 e. The lowest BCUT2D eigenvalue weighted by atomic mass is 10.1. The molecule has 3 aromatic carbocycles. The Kier molecular flexibility index (Phi) is 8.98. The van der Waals surface area contributed by atoms with E-state index < -0.39 is 43.9 Å². The van der Waals surface area contributed by atoms with Crippen molar-refractivity contribution < 1.29 is 33.4 Å². The maximum Gasteiger partial charge on any atom is 0.351 e. The van der Waals surface area contributed by atoms with Gasteiger partial charge in [0.1, 0.15) is 5.60 Å². The first kappa shape index (κ1) is 33.1. The second kappa shape index (κ2) is 12.5. The molecule has 0 aromatic heterocycles. The number of rotatable bonds is 7. The number of nitrogens with zero attached hydrogens (tertiary/aromatic N) is 2. The van der Waals surface area contributed by atoms with Crippen LogP contribution in [0.3, 0.4) is 0 Å². The van der Waals surface area contributed by atoms with Gasteiger partial charge in [0.05, 0.1) is 6.61 Å². The molecule has 0 spiro atoms. The standard InChI is InChI=1S/C36H42N2O7Si/c1-24(39)44-31(34(42)45-35(2,3)4)30-33(41)37(20-21-43-30)26-18-19-29-25(22-26)23-38(32(29)40)46(36(5,6)7,27-14-10-8-11-15-27)28-16-12-9-13-17-28/h8-19,22,30-31H,20-21,23H2,1-7H3/t30-,31-/m1/s1. The molecule has 2 aliphatic rings. The summed E-state index contributed by atoms with van der Waals surface area (Å²) in [5, 5.41) is 2.00. The first-order chi connectivity index (χ1) is 21.6. The van der Waals surface area contributed by atoms with Gasteiger partial charge in [-0.1, -0.05) is 81.4 Å². The predicted octanol–water partition coefficient (Wildman–Crippen LogP) is 4.21. The van der Waals surface area contributed by atoms with Gasteiger partial charge >= 0.3 is 11.9 Å². The van der Waals surface area contributed by atoms with E-state index in [1.807, 2.05) is 42.5 Å². The highest BCUT2D eigenvalue weighted by molar-refractivity contribution is 7.03. The molecule has 2 amide bonds. The molecule has 1 saturated heterocycles. The summed E-state index contributed by atoms with van der Waals surface area (Å²) in [6, 6.07) is 26.0. The molecule has 0 aliphatic carbocycles. The molecule has 46 heavy (non-hydrogen) atoms. The summed E-state index contributed by atoms with van der Waals surface area (Å²) < 4.78 is 18.5. The molecule has 0 bridgehead atoms. The zero-order valence-corrected chi connectivity index (χ0v) is 28.5. The zero-order valence-electron chi connectivity index (χ0n) is 27.5. The minimum absolute atomic E-state index is 0.0399. The number of ether oxygens (including phenoxy) is 3. The number of carbonyl (C=O) groups excluding carboxylic acids is 4. The first-order valence-electron chi connectivity index (χ1n) is 15.5. The van der Waals surface area contributed by atoms with Gasteiger partial charge < -0.3 is 23.7 Å². The van der Waals surface area contributed by atoms with Crippen molar-refractivity contribution in [2.75, 3.05) is 18.1 Å². The summed E-state index contributed by atoms with van der Waals surface area (Å²) in [5.74, 6) is -2.16. The van der Waals surface area contributed by atoms with Crippen LogP contribution in [0, 0.1) is 0 Å². The number of morpholine rings is 1. The van der Waals surface area contributed by atoms with Crippen molar-refractivity contribution in [2.45, 2.75) is 77.9 Å². The van der Waals surface area contributed by atoms with Gasteiger partial charge in [-0.3, -0.25) is 14.4 Å². The molecular weight excluding hydrogens is 600 g/mol. The topological polar surface area (TPSA) is 102 Å². The fraction of sp³-hybridized carbons (Fsp3) is 0.389. The second-order valence-corrected chi connectivity index (χ2v) is 18.4. The van der Waals surface area contributed by atoms with Gasteiger partial charge in [-0.2, -0.15) is 0 Å². The number of hydrogen-bond acceptors (Lipinski definition) is 7. The van der Waals surface area contributed by atoms with Crippen LogP contribution in [0.25, 0.3) is 0 Å². The highest BCUT2D eigenvalue weighted by Gasteiger charge is 2.56. The summed E-state index contributed by atoms with van der Waals surface area (Å²) in [4.78, 5) is 54.7. The van der Waals surface area contributed by atoms with E-state index in [1.165, 1.54) is 4.90 Å². The molecule has 0 saturated carbocycles. The number of carbonyl (C=O) groups is 4. The average molecular weight is 643 g/mol. The van der Waals surface area contributed by atoms with Gasteiger partial charge in [-0.05, 0) is 59.9 Å². The number of benzene rings is 3. The monoisotopic (exact) mass is 642 g/mol. The molecule has 5 rings (SSSR count). The second-order valence-electron chi connectivity index (χ2n) is 13.8. The fourth-order valence-corrected chi connectivity index (χ4v) is 12.4. The summed E-state index contributed by atoms with van der Waals surface area (Å²) in [5.41, 5.74) is 1.12. The normalized spacial score (nSPS) is 17.8. The van der Waals surface area contributed by atoms with Crippen LogP contribution < -0.4 is 15.3 Å². The van der Waals surface area contributed by atoms with Gasteiger partial charge in [0.15, 0.2) is 6.10 Å². The van der Waals surface area contributed by atoms with Crippen LogP contribution in [0.1, 0.15) is 64.4 Å². The molecule has 3 aromatic rings. The lowest BCUT2D eigenvalue weighted by Gasteiger charge is -2.49. The van der Waals surface area contributed by atoms with E-state index in [2.05, 4.69) is 49.6 Å². The van der Waals surface area contributed by atoms with Crippen LogP contribution in [0.15, 0.2) is 78.9 Å². The smallest absolute Gasteiger partial charge is 0.351 e. The minimum Gasteiger partial charge on any atom is -0.457 e. The van der Waals surface area contributed by atoms with E-state index in [4.69, 9.17) is 14.2 Å². The molecular formula is C36H42N2O7Si. The Hall–Kier alpha value is -4.28. The lowest BCUT2D eigenvalue weighted by Crippen LogP contribution is -2.74.